The van der Waals surface area contributed by atoms with E-state index >= 15 is 0 Å². The number of nitrogens with one attached hydrogen (secondary N) is 1. The zero-order valence-electron chi connectivity index (χ0n) is 15.7. The minimum Gasteiger partial charge on any atom is -0.508 e. The molecule has 0 aliphatic heterocycles. The van der Waals surface area contributed by atoms with E-state index in [0.29, 0.717) is 17.9 Å². The van der Waals surface area contributed by atoms with Gasteiger partial charge in [0, 0.05) is 23.1 Å². The molecule has 4 heteroatoms. The molecule has 3 nitrogen and oxygen atoms in total. The van der Waals surface area contributed by atoms with Gasteiger partial charge < -0.3 is 10.2 Å². The van der Waals surface area contributed by atoms with Gasteiger partial charge in [0.1, 0.15) is 11.5 Å². The maximum absolute atomic E-state index is 10.6. The van der Waals surface area contributed by atoms with Gasteiger partial charge in [-0.1, -0.05) is 27.7 Å². The highest BCUT2D eigenvalue weighted by Gasteiger charge is 2.63. The number of aromatic hydroxyl groups is 2. The van der Waals surface area contributed by atoms with Crippen LogP contribution in [0.3, 0.4) is 0 Å². The first kappa shape index (κ1) is 17.5. The number of hydrogen-bond donors (Lipinski definition) is 3. The normalized spacial score (nSPS) is 41.7. The van der Waals surface area contributed by atoms with Crippen LogP contribution in [0.4, 0.5) is 0 Å². The van der Waals surface area contributed by atoms with Crippen LogP contribution in [0, 0.1) is 22.7 Å². The summed E-state index contributed by atoms with van der Waals surface area (Å²) >= 11 is 6.08. The molecule has 0 spiro atoms. The second kappa shape index (κ2) is 5.29. The van der Waals surface area contributed by atoms with E-state index in [1.807, 2.05) is 6.07 Å². The minimum absolute atomic E-state index is 0.00429. The Hall–Kier alpha value is -0.930. The predicted octanol–water partition coefficient (Wildman–Crippen LogP) is 4.88. The summed E-state index contributed by atoms with van der Waals surface area (Å²) in [6, 6.07) is 3.73. The van der Waals surface area contributed by atoms with E-state index in [9.17, 15) is 10.2 Å². The highest BCUT2D eigenvalue weighted by molar-refractivity contribution is 6.13. The van der Waals surface area contributed by atoms with E-state index in [1.165, 1.54) is 6.07 Å². The molecule has 0 unspecified atom stereocenters. The number of benzene rings is 1. The SMILES string of the molecule is CC1(C)[C@H](NCl)CC[C@]2(C)[C@H]3Cc4cc(O)cc(O)c4[C@]3(C)CC[C@@H]12. The van der Waals surface area contributed by atoms with Crippen molar-refractivity contribution in [3.8, 4) is 11.5 Å². The summed E-state index contributed by atoms with van der Waals surface area (Å²) in [5, 5.41) is 20.5. The Balaban J connectivity index is 1.80. The van der Waals surface area contributed by atoms with Crippen LogP contribution in [-0.2, 0) is 11.8 Å². The van der Waals surface area contributed by atoms with Gasteiger partial charge in [-0.05, 0) is 78.2 Å². The van der Waals surface area contributed by atoms with E-state index in [4.69, 9.17) is 11.8 Å². The van der Waals surface area contributed by atoms with Gasteiger partial charge in [0.05, 0.1) is 0 Å². The molecule has 3 aliphatic carbocycles. The fourth-order valence-electron chi connectivity index (χ4n) is 7.22. The largest absolute Gasteiger partial charge is 0.508 e. The Morgan fingerprint density at radius 3 is 2.44 bits per heavy atom. The van der Waals surface area contributed by atoms with Crippen LogP contribution in [0.15, 0.2) is 12.1 Å². The molecule has 0 saturated heterocycles. The molecule has 0 radical (unpaired) electrons. The van der Waals surface area contributed by atoms with Gasteiger partial charge in [0.2, 0.25) is 0 Å². The fourth-order valence-corrected chi connectivity index (χ4v) is 7.61. The number of hydrogen-bond acceptors (Lipinski definition) is 3. The average Bonchev–Trinajstić information content (AvgIpc) is 2.80. The summed E-state index contributed by atoms with van der Waals surface area (Å²) in [5.41, 5.74) is 2.60. The molecule has 0 amide bonds. The van der Waals surface area contributed by atoms with Gasteiger partial charge >= 0.3 is 0 Å². The van der Waals surface area contributed by atoms with E-state index in [2.05, 4.69) is 32.5 Å². The van der Waals surface area contributed by atoms with Crippen LogP contribution in [0.1, 0.15) is 64.5 Å². The van der Waals surface area contributed by atoms with Crippen molar-refractivity contribution in [2.75, 3.05) is 0 Å². The lowest BCUT2D eigenvalue weighted by atomic mass is 9.43. The van der Waals surface area contributed by atoms with Gasteiger partial charge in [-0.15, -0.1) is 0 Å². The summed E-state index contributed by atoms with van der Waals surface area (Å²) in [5.74, 6) is 1.55. The second-order valence-electron chi connectivity index (χ2n) is 9.79. The number of phenolic OH excluding ortho intramolecular Hbond substituents is 2. The van der Waals surface area contributed by atoms with E-state index < -0.39 is 0 Å². The molecule has 0 heterocycles. The Morgan fingerprint density at radius 1 is 1.04 bits per heavy atom. The zero-order chi connectivity index (χ0) is 18.2. The number of rotatable bonds is 1. The third-order valence-corrected chi connectivity index (χ3v) is 8.66. The number of phenols is 2. The third-order valence-electron chi connectivity index (χ3n) is 8.39. The molecule has 138 valence electrons. The highest BCUT2D eigenvalue weighted by atomic mass is 35.5. The van der Waals surface area contributed by atoms with Gasteiger partial charge in [0.15, 0.2) is 0 Å². The van der Waals surface area contributed by atoms with Crippen molar-refractivity contribution < 1.29 is 10.2 Å². The highest BCUT2D eigenvalue weighted by Crippen LogP contribution is 2.68. The van der Waals surface area contributed by atoms with Gasteiger partial charge in [-0.2, -0.15) is 0 Å². The summed E-state index contributed by atoms with van der Waals surface area (Å²) in [6.07, 6.45) is 5.44. The van der Waals surface area contributed by atoms with Crippen molar-refractivity contribution >= 4 is 11.8 Å². The van der Waals surface area contributed by atoms with Crippen LogP contribution in [0.25, 0.3) is 0 Å². The molecule has 0 aromatic heterocycles. The maximum Gasteiger partial charge on any atom is 0.123 e. The number of halogens is 1. The summed E-state index contributed by atoms with van der Waals surface area (Å²) < 4.78 is 0. The molecule has 25 heavy (non-hydrogen) atoms. The molecule has 5 atom stereocenters. The lowest BCUT2D eigenvalue weighted by molar-refractivity contribution is -0.109. The van der Waals surface area contributed by atoms with Crippen molar-refractivity contribution in [2.24, 2.45) is 22.7 Å². The first-order chi connectivity index (χ1) is 11.6. The molecule has 1 aromatic rings. The molecule has 3 aliphatic rings. The quantitative estimate of drug-likeness (QED) is 0.623. The van der Waals surface area contributed by atoms with Crippen LogP contribution < -0.4 is 4.84 Å². The summed E-state index contributed by atoms with van der Waals surface area (Å²) in [4.78, 5) is 3.05. The molecule has 0 bridgehead atoms. The monoisotopic (exact) mass is 363 g/mol. The van der Waals surface area contributed by atoms with Gasteiger partial charge in [-0.3, -0.25) is 0 Å². The van der Waals surface area contributed by atoms with Crippen LogP contribution >= 0.6 is 11.8 Å². The molecule has 3 N–H and O–H groups in total. The van der Waals surface area contributed by atoms with Crippen LogP contribution in [0.2, 0.25) is 0 Å². The van der Waals surface area contributed by atoms with Crippen LogP contribution in [-0.4, -0.2) is 16.3 Å². The van der Waals surface area contributed by atoms with Crippen LogP contribution in [0.5, 0.6) is 11.5 Å². The Bertz CT molecular complexity index is 718. The third kappa shape index (κ3) is 2.15. The molecule has 2 fully saturated rings. The summed E-state index contributed by atoms with van der Waals surface area (Å²) in [6.45, 7) is 9.53. The van der Waals surface area contributed by atoms with Gasteiger partial charge in [0.25, 0.3) is 0 Å². The van der Waals surface area contributed by atoms with E-state index in [0.717, 1.165) is 43.2 Å². The first-order valence-corrected chi connectivity index (χ1v) is 9.94. The van der Waals surface area contributed by atoms with Crippen molar-refractivity contribution in [2.45, 2.75) is 71.3 Å². The Labute approximate surface area is 155 Å². The predicted molar refractivity (Wildman–Crippen MR) is 101 cm³/mol. The lowest BCUT2D eigenvalue weighted by Crippen LogP contribution is -2.60. The molecule has 2 saturated carbocycles. The number of fused-ring (bicyclic) bond motifs is 5. The second-order valence-corrected chi connectivity index (χ2v) is 10.0. The zero-order valence-corrected chi connectivity index (χ0v) is 16.5. The van der Waals surface area contributed by atoms with Crippen molar-refractivity contribution in [1.82, 2.24) is 4.84 Å². The average molecular weight is 364 g/mol. The summed E-state index contributed by atoms with van der Waals surface area (Å²) in [7, 11) is 0. The lowest BCUT2D eigenvalue weighted by Gasteiger charge is -2.63. The smallest absolute Gasteiger partial charge is 0.123 e. The fraction of sp³-hybridized carbons (Fsp3) is 0.714. The standard InChI is InChI=1S/C21H30ClNO2/c1-19(2)15-5-7-21(4)16(20(15,3)8-6-17(19)23-22)10-12-9-13(24)11-14(25)18(12)21/h9,11,15-17,23-25H,5-8,10H2,1-4H3/t15-,16+,17+,20-,21+/m0/s1. The van der Waals surface area contributed by atoms with Crippen molar-refractivity contribution in [1.29, 1.82) is 0 Å². The molecular weight excluding hydrogens is 334 g/mol. The van der Waals surface area contributed by atoms with E-state index in [1.54, 1.807) is 0 Å². The van der Waals surface area contributed by atoms with E-state index in [-0.39, 0.29) is 27.7 Å². The molecular formula is C21H30ClNO2. The van der Waals surface area contributed by atoms with Gasteiger partial charge in [-0.25, -0.2) is 4.84 Å². The van der Waals surface area contributed by atoms with Crippen molar-refractivity contribution in [3.05, 3.63) is 23.3 Å². The maximum atomic E-state index is 10.6. The minimum atomic E-state index is -0.00429. The molecule has 4 rings (SSSR count). The Morgan fingerprint density at radius 2 is 1.76 bits per heavy atom. The van der Waals surface area contributed by atoms with Crippen molar-refractivity contribution in [3.63, 3.8) is 0 Å². The topological polar surface area (TPSA) is 52.5 Å². The Kier molecular flexibility index (Phi) is 3.70. The molecule has 1 aromatic carbocycles. The first-order valence-electron chi connectivity index (χ1n) is 9.56.